The van der Waals surface area contributed by atoms with Gasteiger partial charge in [0.25, 0.3) is 0 Å². The lowest BCUT2D eigenvalue weighted by Crippen LogP contribution is -2.23. The van der Waals surface area contributed by atoms with Crippen molar-refractivity contribution >= 4 is 0 Å². The Morgan fingerprint density at radius 3 is 2.22 bits per heavy atom. The van der Waals surface area contributed by atoms with E-state index in [0.717, 1.165) is 30.5 Å². The van der Waals surface area contributed by atoms with Gasteiger partial charge in [0.2, 0.25) is 0 Å². The number of halogens is 1. The zero-order valence-corrected chi connectivity index (χ0v) is 12.1. The van der Waals surface area contributed by atoms with E-state index in [2.05, 4.69) is 19.2 Å². The van der Waals surface area contributed by atoms with Crippen molar-refractivity contribution in [1.82, 2.24) is 5.32 Å². The van der Waals surface area contributed by atoms with Crippen LogP contribution in [0.2, 0.25) is 0 Å². The average molecular weight is 251 g/mol. The third-order valence-corrected chi connectivity index (χ3v) is 3.39. The van der Waals surface area contributed by atoms with Crippen LogP contribution < -0.4 is 5.32 Å². The van der Waals surface area contributed by atoms with Crippen LogP contribution in [0.4, 0.5) is 4.39 Å². The van der Waals surface area contributed by atoms with E-state index in [0.29, 0.717) is 6.04 Å². The van der Waals surface area contributed by atoms with Crippen LogP contribution in [0.3, 0.4) is 0 Å². The summed E-state index contributed by atoms with van der Waals surface area (Å²) in [5.74, 6) is -0.126. The van der Waals surface area contributed by atoms with Gasteiger partial charge >= 0.3 is 0 Å². The second kappa shape index (κ2) is 7.52. The molecule has 0 aliphatic heterocycles. The van der Waals surface area contributed by atoms with Crippen molar-refractivity contribution in [2.45, 2.75) is 59.4 Å². The molecular weight excluding hydrogens is 225 g/mol. The Kier molecular flexibility index (Phi) is 6.34. The third-order valence-electron chi connectivity index (χ3n) is 3.39. The molecule has 1 nitrogen and oxygen atoms in total. The molecule has 1 rings (SSSR count). The summed E-state index contributed by atoms with van der Waals surface area (Å²) in [4.78, 5) is 0. The van der Waals surface area contributed by atoms with Gasteiger partial charge in [-0.1, -0.05) is 26.7 Å². The number of benzene rings is 1. The largest absolute Gasteiger partial charge is 0.310 e. The SMILES string of the molecule is CCCCC(NCCC)c1c(C)cc(F)cc1C. The first-order valence-corrected chi connectivity index (χ1v) is 7.10. The van der Waals surface area contributed by atoms with Gasteiger partial charge in [-0.2, -0.15) is 0 Å². The summed E-state index contributed by atoms with van der Waals surface area (Å²) >= 11 is 0. The minimum absolute atomic E-state index is 0.126. The molecule has 1 atom stereocenters. The zero-order valence-electron chi connectivity index (χ0n) is 12.1. The summed E-state index contributed by atoms with van der Waals surface area (Å²) in [6.45, 7) is 9.43. The van der Waals surface area contributed by atoms with Crippen LogP contribution in [0.15, 0.2) is 12.1 Å². The lowest BCUT2D eigenvalue weighted by Gasteiger charge is -2.23. The van der Waals surface area contributed by atoms with Crippen molar-refractivity contribution < 1.29 is 4.39 Å². The molecule has 1 unspecified atom stereocenters. The molecule has 0 saturated carbocycles. The smallest absolute Gasteiger partial charge is 0.123 e. The predicted molar refractivity (Wildman–Crippen MR) is 76.4 cm³/mol. The summed E-state index contributed by atoms with van der Waals surface area (Å²) in [5.41, 5.74) is 3.42. The summed E-state index contributed by atoms with van der Waals surface area (Å²) in [6.07, 6.45) is 4.66. The molecule has 2 heteroatoms. The monoisotopic (exact) mass is 251 g/mol. The van der Waals surface area contributed by atoms with Gasteiger partial charge in [0.05, 0.1) is 0 Å². The van der Waals surface area contributed by atoms with E-state index in [1.807, 2.05) is 13.8 Å². The molecule has 0 aliphatic carbocycles. The lowest BCUT2D eigenvalue weighted by atomic mass is 9.92. The number of aryl methyl sites for hydroxylation is 2. The predicted octanol–water partition coefficient (Wildman–Crippen LogP) is 4.67. The molecule has 0 heterocycles. The Hall–Kier alpha value is -0.890. The van der Waals surface area contributed by atoms with Gasteiger partial charge < -0.3 is 5.32 Å². The Balaban J connectivity index is 2.95. The second-order valence-electron chi connectivity index (χ2n) is 5.10. The van der Waals surface area contributed by atoms with Crippen molar-refractivity contribution in [3.05, 3.63) is 34.6 Å². The minimum atomic E-state index is -0.126. The summed E-state index contributed by atoms with van der Waals surface area (Å²) in [7, 11) is 0. The summed E-state index contributed by atoms with van der Waals surface area (Å²) in [5, 5.41) is 3.60. The van der Waals surface area contributed by atoms with Crippen LogP contribution in [-0.2, 0) is 0 Å². The van der Waals surface area contributed by atoms with E-state index < -0.39 is 0 Å². The minimum Gasteiger partial charge on any atom is -0.310 e. The highest BCUT2D eigenvalue weighted by molar-refractivity contribution is 5.36. The van der Waals surface area contributed by atoms with Crippen molar-refractivity contribution in [3.63, 3.8) is 0 Å². The molecule has 102 valence electrons. The highest BCUT2D eigenvalue weighted by Gasteiger charge is 2.15. The molecule has 0 amide bonds. The van der Waals surface area contributed by atoms with E-state index >= 15 is 0 Å². The number of nitrogens with one attached hydrogen (secondary N) is 1. The molecule has 0 spiro atoms. The molecule has 1 N–H and O–H groups in total. The van der Waals surface area contributed by atoms with Crippen LogP contribution in [0, 0.1) is 19.7 Å². The number of unbranched alkanes of at least 4 members (excludes halogenated alkanes) is 1. The van der Waals surface area contributed by atoms with Gasteiger partial charge in [0.15, 0.2) is 0 Å². The summed E-state index contributed by atoms with van der Waals surface area (Å²) in [6, 6.07) is 3.66. The highest BCUT2D eigenvalue weighted by atomic mass is 19.1. The highest BCUT2D eigenvalue weighted by Crippen LogP contribution is 2.27. The molecule has 0 aliphatic rings. The fourth-order valence-corrected chi connectivity index (χ4v) is 2.55. The molecular formula is C16H26FN. The Morgan fingerprint density at radius 2 is 1.72 bits per heavy atom. The van der Waals surface area contributed by atoms with Gasteiger partial charge in [-0.15, -0.1) is 0 Å². The Labute approximate surface area is 111 Å². The van der Waals surface area contributed by atoms with Crippen LogP contribution >= 0.6 is 0 Å². The van der Waals surface area contributed by atoms with E-state index in [1.54, 1.807) is 12.1 Å². The maximum Gasteiger partial charge on any atom is 0.123 e. The van der Waals surface area contributed by atoms with Crippen LogP contribution in [0.5, 0.6) is 0 Å². The van der Waals surface area contributed by atoms with Crippen molar-refractivity contribution in [3.8, 4) is 0 Å². The third kappa shape index (κ3) is 4.09. The second-order valence-corrected chi connectivity index (χ2v) is 5.10. The van der Waals surface area contributed by atoms with Crippen molar-refractivity contribution in [1.29, 1.82) is 0 Å². The molecule has 1 aromatic rings. The van der Waals surface area contributed by atoms with Gasteiger partial charge in [0, 0.05) is 6.04 Å². The molecule has 0 radical (unpaired) electrons. The maximum absolute atomic E-state index is 13.4. The zero-order chi connectivity index (χ0) is 13.5. The van der Waals surface area contributed by atoms with Crippen LogP contribution in [-0.4, -0.2) is 6.54 Å². The first-order chi connectivity index (χ1) is 8.60. The molecule has 0 saturated heterocycles. The number of hydrogen-bond acceptors (Lipinski definition) is 1. The van der Waals surface area contributed by atoms with Crippen molar-refractivity contribution in [2.24, 2.45) is 0 Å². The Bertz CT molecular complexity index is 342. The van der Waals surface area contributed by atoms with E-state index in [1.165, 1.54) is 18.4 Å². The molecule has 18 heavy (non-hydrogen) atoms. The fraction of sp³-hybridized carbons (Fsp3) is 0.625. The number of hydrogen-bond donors (Lipinski definition) is 1. The average Bonchev–Trinajstić information content (AvgIpc) is 2.30. The van der Waals surface area contributed by atoms with Gasteiger partial charge in [0.1, 0.15) is 5.82 Å². The Morgan fingerprint density at radius 1 is 1.11 bits per heavy atom. The standard InChI is InChI=1S/C16H26FN/c1-5-7-8-15(18-9-6-2)16-12(3)10-14(17)11-13(16)4/h10-11,15,18H,5-9H2,1-4H3. The first-order valence-electron chi connectivity index (χ1n) is 7.10. The quantitative estimate of drug-likeness (QED) is 0.742. The summed E-state index contributed by atoms with van der Waals surface area (Å²) < 4.78 is 13.4. The maximum atomic E-state index is 13.4. The normalized spacial score (nSPS) is 12.7. The number of rotatable bonds is 7. The topological polar surface area (TPSA) is 12.0 Å². The molecule has 0 aromatic heterocycles. The van der Waals surface area contributed by atoms with E-state index in [-0.39, 0.29) is 5.82 Å². The van der Waals surface area contributed by atoms with Crippen molar-refractivity contribution in [2.75, 3.05) is 6.54 Å². The van der Waals surface area contributed by atoms with Gasteiger partial charge in [-0.05, 0) is 62.1 Å². The van der Waals surface area contributed by atoms with Crippen LogP contribution in [0.25, 0.3) is 0 Å². The van der Waals surface area contributed by atoms with Gasteiger partial charge in [-0.3, -0.25) is 0 Å². The molecule has 0 bridgehead atoms. The molecule has 1 aromatic carbocycles. The fourth-order valence-electron chi connectivity index (χ4n) is 2.55. The van der Waals surface area contributed by atoms with E-state index in [4.69, 9.17) is 0 Å². The van der Waals surface area contributed by atoms with Gasteiger partial charge in [-0.25, -0.2) is 4.39 Å². The van der Waals surface area contributed by atoms with E-state index in [9.17, 15) is 4.39 Å². The first kappa shape index (κ1) is 15.2. The lowest BCUT2D eigenvalue weighted by molar-refractivity contribution is 0.476. The van der Waals surface area contributed by atoms with Crippen LogP contribution in [0.1, 0.15) is 62.3 Å². The molecule has 0 fully saturated rings.